The van der Waals surface area contributed by atoms with E-state index in [1.165, 1.54) is 0 Å². The summed E-state index contributed by atoms with van der Waals surface area (Å²) in [5.74, 6) is 1.70. The van der Waals surface area contributed by atoms with E-state index in [2.05, 4.69) is 10.3 Å². The maximum atomic E-state index is 12.2. The number of carbonyl (C=O) groups is 1. The molecule has 0 unspecified atom stereocenters. The molecule has 0 saturated carbocycles. The number of nitrogens with one attached hydrogen (secondary N) is 1. The molecule has 0 saturated heterocycles. The lowest BCUT2D eigenvalue weighted by atomic mass is 9.95. The van der Waals surface area contributed by atoms with Crippen molar-refractivity contribution in [2.75, 3.05) is 26.1 Å². The maximum absolute atomic E-state index is 12.2. The van der Waals surface area contributed by atoms with Crippen LogP contribution in [-0.4, -0.2) is 31.7 Å². The summed E-state index contributed by atoms with van der Waals surface area (Å²) in [6.45, 7) is -0.0639. The van der Waals surface area contributed by atoms with Crippen molar-refractivity contribution in [1.82, 2.24) is 4.98 Å². The standard InChI is InChI=1S/C19H22N2O4/c1-23-13-7-8-16(18(11-13)24-2)21-19(22)12-25-17-9-10-20-15-6-4-3-5-14(15)17/h7-11H,3-6,12H2,1-2H3,(H,21,22). The van der Waals surface area contributed by atoms with Gasteiger partial charge in [-0.1, -0.05) is 0 Å². The molecule has 1 heterocycles. The Morgan fingerprint density at radius 2 is 1.96 bits per heavy atom. The fraction of sp³-hybridized carbons (Fsp3) is 0.368. The van der Waals surface area contributed by atoms with Crippen molar-refractivity contribution in [3.05, 3.63) is 41.7 Å². The topological polar surface area (TPSA) is 69.7 Å². The lowest BCUT2D eigenvalue weighted by molar-refractivity contribution is -0.118. The Morgan fingerprint density at radius 3 is 2.76 bits per heavy atom. The third kappa shape index (κ3) is 4.02. The normalized spacial score (nSPS) is 12.9. The highest BCUT2D eigenvalue weighted by Crippen LogP contribution is 2.30. The summed E-state index contributed by atoms with van der Waals surface area (Å²) in [6, 6.07) is 7.04. The summed E-state index contributed by atoms with van der Waals surface area (Å²) in [5, 5.41) is 2.80. The minimum Gasteiger partial charge on any atom is -0.497 e. The second-order valence-corrected chi connectivity index (χ2v) is 5.84. The zero-order chi connectivity index (χ0) is 17.6. The highest BCUT2D eigenvalue weighted by Gasteiger charge is 2.16. The van der Waals surface area contributed by atoms with E-state index in [4.69, 9.17) is 14.2 Å². The molecule has 25 heavy (non-hydrogen) atoms. The Balaban J connectivity index is 1.64. The van der Waals surface area contributed by atoms with Crippen LogP contribution in [0.15, 0.2) is 30.5 Å². The Hall–Kier alpha value is -2.76. The van der Waals surface area contributed by atoms with Gasteiger partial charge in [0.1, 0.15) is 17.2 Å². The number of hydrogen-bond acceptors (Lipinski definition) is 5. The number of benzene rings is 1. The van der Waals surface area contributed by atoms with Gasteiger partial charge in [0, 0.05) is 23.5 Å². The quantitative estimate of drug-likeness (QED) is 0.874. The largest absolute Gasteiger partial charge is 0.497 e. The molecule has 0 radical (unpaired) electrons. The molecule has 0 aliphatic heterocycles. The average molecular weight is 342 g/mol. The third-order valence-electron chi connectivity index (χ3n) is 4.23. The minimum absolute atomic E-state index is 0.0639. The van der Waals surface area contributed by atoms with Crippen molar-refractivity contribution in [2.45, 2.75) is 25.7 Å². The third-order valence-corrected chi connectivity index (χ3v) is 4.23. The number of aromatic nitrogens is 1. The van der Waals surface area contributed by atoms with E-state index in [-0.39, 0.29) is 12.5 Å². The Kier molecular flexibility index (Phi) is 5.38. The predicted molar refractivity (Wildman–Crippen MR) is 94.5 cm³/mol. The summed E-state index contributed by atoms with van der Waals surface area (Å²) in [6.07, 6.45) is 5.95. The van der Waals surface area contributed by atoms with E-state index in [1.54, 1.807) is 38.6 Å². The van der Waals surface area contributed by atoms with Crippen LogP contribution in [0.1, 0.15) is 24.1 Å². The molecule has 0 fully saturated rings. The van der Waals surface area contributed by atoms with Crippen molar-refractivity contribution in [2.24, 2.45) is 0 Å². The van der Waals surface area contributed by atoms with Crippen LogP contribution in [0.3, 0.4) is 0 Å². The lowest BCUT2D eigenvalue weighted by Crippen LogP contribution is -2.21. The minimum atomic E-state index is -0.246. The summed E-state index contributed by atoms with van der Waals surface area (Å²) in [4.78, 5) is 16.6. The number of anilines is 1. The molecule has 1 aliphatic rings. The van der Waals surface area contributed by atoms with Crippen molar-refractivity contribution in [3.63, 3.8) is 0 Å². The van der Waals surface area contributed by atoms with Gasteiger partial charge in [0.25, 0.3) is 5.91 Å². The van der Waals surface area contributed by atoms with Gasteiger partial charge in [0.15, 0.2) is 6.61 Å². The fourth-order valence-electron chi connectivity index (χ4n) is 2.96. The first kappa shape index (κ1) is 17.1. The summed E-state index contributed by atoms with van der Waals surface area (Å²) < 4.78 is 16.2. The number of aryl methyl sites for hydroxylation is 1. The van der Waals surface area contributed by atoms with Gasteiger partial charge in [-0.3, -0.25) is 9.78 Å². The monoisotopic (exact) mass is 342 g/mol. The molecular formula is C19H22N2O4. The molecule has 0 atom stereocenters. The summed E-state index contributed by atoms with van der Waals surface area (Å²) in [7, 11) is 3.13. The van der Waals surface area contributed by atoms with Crippen LogP contribution in [0.2, 0.25) is 0 Å². The molecule has 1 aromatic heterocycles. The van der Waals surface area contributed by atoms with Crippen molar-refractivity contribution >= 4 is 11.6 Å². The van der Waals surface area contributed by atoms with Crippen LogP contribution < -0.4 is 19.5 Å². The molecule has 0 bridgehead atoms. The van der Waals surface area contributed by atoms with Gasteiger partial charge >= 0.3 is 0 Å². The average Bonchev–Trinajstić information content (AvgIpc) is 2.66. The first-order valence-corrected chi connectivity index (χ1v) is 8.32. The van der Waals surface area contributed by atoms with Crippen LogP contribution in [0, 0.1) is 0 Å². The molecule has 1 aliphatic carbocycles. The zero-order valence-electron chi connectivity index (χ0n) is 14.5. The van der Waals surface area contributed by atoms with Gasteiger partial charge in [0.2, 0.25) is 0 Å². The lowest BCUT2D eigenvalue weighted by Gasteiger charge is -2.18. The summed E-state index contributed by atoms with van der Waals surface area (Å²) in [5.41, 5.74) is 2.79. The van der Waals surface area contributed by atoms with E-state index >= 15 is 0 Å². The summed E-state index contributed by atoms with van der Waals surface area (Å²) >= 11 is 0. The molecule has 1 amide bonds. The van der Waals surface area contributed by atoms with E-state index in [0.717, 1.165) is 42.7 Å². The second-order valence-electron chi connectivity index (χ2n) is 5.84. The number of pyridine rings is 1. The van der Waals surface area contributed by atoms with Gasteiger partial charge in [0.05, 0.1) is 19.9 Å². The number of fused-ring (bicyclic) bond motifs is 1. The number of rotatable bonds is 6. The maximum Gasteiger partial charge on any atom is 0.262 e. The van der Waals surface area contributed by atoms with E-state index in [9.17, 15) is 4.79 Å². The van der Waals surface area contributed by atoms with Crippen LogP contribution in [0.5, 0.6) is 17.2 Å². The Morgan fingerprint density at radius 1 is 1.12 bits per heavy atom. The fourth-order valence-corrected chi connectivity index (χ4v) is 2.96. The highest BCUT2D eigenvalue weighted by atomic mass is 16.5. The van der Waals surface area contributed by atoms with Crippen LogP contribution in [0.4, 0.5) is 5.69 Å². The van der Waals surface area contributed by atoms with Crippen LogP contribution >= 0.6 is 0 Å². The molecule has 132 valence electrons. The van der Waals surface area contributed by atoms with Crippen LogP contribution in [-0.2, 0) is 17.6 Å². The zero-order valence-corrected chi connectivity index (χ0v) is 14.5. The van der Waals surface area contributed by atoms with Crippen LogP contribution in [0.25, 0.3) is 0 Å². The Bertz CT molecular complexity index is 761. The second kappa shape index (κ2) is 7.88. The van der Waals surface area contributed by atoms with Gasteiger partial charge in [-0.2, -0.15) is 0 Å². The van der Waals surface area contributed by atoms with Crippen molar-refractivity contribution in [3.8, 4) is 17.2 Å². The number of ether oxygens (including phenoxy) is 3. The first-order valence-electron chi connectivity index (χ1n) is 8.32. The van der Waals surface area contributed by atoms with Crippen molar-refractivity contribution in [1.29, 1.82) is 0 Å². The number of methoxy groups -OCH3 is 2. The van der Waals surface area contributed by atoms with E-state index in [0.29, 0.717) is 17.2 Å². The highest BCUT2D eigenvalue weighted by molar-refractivity contribution is 5.93. The van der Waals surface area contributed by atoms with Gasteiger partial charge in [-0.25, -0.2) is 0 Å². The molecule has 2 aromatic rings. The van der Waals surface area contributed by atoms with Gasteiger partial charge < -0.3 is 19.5 Å². The number of amides is 1. The number of hydrogen-bond donors (Lipinski definition) is 1. The molecule has 6 nitrogen and oxygen atoms in total. The smallest absolute Gasteiger partial charge is 0.262 e. The number of carbonyl (C=O) groups excluding carboxylic acids is 1. The SMILES string of the molecule is COc1ccc(NC(=O)COc2ccnc3c2CCCC3)c(OC)c1. The number of nitrogens with zero attached hydrogens (tertiary/aromatic N) is 1. The molecule has 3 rings (SSSR count). The van der Waals surface area contributed by atoms with Crippen molar-refractivity contribution < 1.29 is 19.0 Å². The molecule has 0 spiro atoms. The van der Waals surface area contributed by atoms with E-state index in [1.807, 2.05) is 6.07 Å². The molecular weight excluding hydrogens is 320 g/mol. The predicted octanol–water partition coefficient (Wildman–Crippen LogP) is 3.00. The Labute approximate surface area is 147 Å². The van der Waals surface area contributed by atoms with Gasteiger partial charge in [-0.05, 0) is 43.9 Å². The van der Waals surface area contributed by atoms with E-state index < -0.39 is 0 Å². The molecule has 1 N–H and O–H groups in total. The molecule has 1 aromatic carbocycles. The molecule has 6 heteroatoms. The first-order chi connectivity index (χ1) is 12.2. The van der Waals surface area contributed by atoms with Gasteiger partial charge in [-0.15, -0.1) is 0 Å².